The van der Waals surface area contributed by atoms with Gasteiger partial charge >= 0.3 is 0 Å². The molecule has 1 fully saturated rings. The Balaban J connectivity index is 1.34. The maximum Gasteiger partial charge on any atom is 0.163 e. The molecule has 2 aromatic rings. The molecule has 4 rings (SSSR count). The molecule has 1 N–H and O–H groups in total. The Morgan fingerprint density at radius 1 is 1.16 bits per heavy atom. The van der Waals surface area contributed by atoms with E-state index in [1.54, 1.807) is 6.33 Å². The van der Waals surface area contributed by atoms with Crippen LogP contribution in [0.25, 0.3) is 6.08 Å². The summed E-state index contributed by atoms with van der Waals surface area (Å²) in [5, 5.41) is 0. The van der Waals surface area contributed by atoms with Crippen LogP contribution in [0.5, 0.6) is 0 Å². The van der Waals surface area contributed by atoms with Gasteiger partial charge in [0.15, 0.2) is 5.78 Å². The van der Waals surface area contributed by atoms with Crippen molar-refractivity contribution in [3.8, 4) is 0 Å². The summed E-state index contributed by atoms with van der Waals surface area (Å²) in [6, 6.07) is 8.16. The molecule has 0 unspecified atom stereocenters. The Bertz CT molecular complexity index is 754. The van der Waals surface area contributed by atoms with Crippen LogP contribution in [-0.2, 0) is 13.1 Å². The number of aromatic nitrogens is 2. The van der Waals surface area contributed by atoms with E-state index in [-0.39, 0.29) is 0 Å². The second kappa shape index (κ2) is 7.26. The lowest BCUT2D eigenvalue weighted by Gasteiger charge is -2.23. The van der Waals surface area contributed by atoms with E-state index in [1.165, 1.54) is 37.7 Å². The number of hydrogen-bond acceptors (Lipinski definition) is 3. The summed E-state index contributed by atoms with van der Waals surface area (Å²) in [6.07, 6.45) is 13.0. The number of nitrogens with one attached hydrogen (secondary N) is 1. The predicted molar refractivity (Wildman–Crippen MR) is 98.8 cm³/mol. The Morgan fingerprint density at radius 2 is 1.96 bits per heavy atom. The normalized spacial score (nSPS) is 17.5. The first kappa shape index (κ1) is 16.1. The number of Topliss-reactive ketones (excluding diaryl/α,β-unsaturated/α-hetero) is 1. The zero-order chi connectivity index (χ0) is 17.1. The lowest BCUT2D eigenvalue weighted by atomic mass is 9.85. The monoisotopic (exact) mass is 335 g/mol. The van der Waals surface area contributed by atoms with E-state index in [1.807, 2.05) is 12.1 Å². The largest absolute Gasteiger partial charge is 0.367 e. The lowest BCUT2D eigenvalue weighted by Crippen LogP contribution is -2.19. The Kier molecular flexibility index (Phi) is 4.68. The molecule has 1 aromatic carbocycles. The molecule has 2 aliphatic rings. The summed E-state index contributed by atoms with van der Waals surface area (Å²) < 4.78 is 0. The van der Waals surface area contributed by atoms with Gasteiger partial charge in [-0.05, 0) is 17.6 Å². The summed E-state index contributed by atoms with van der Waals surface area (Å²) in [5.41, 5.74) is 4.26. The molecule has 1 saturated carbocycles. The number of fused-ring (bicyclic) bond motifs is 1. The van der Waals surface area contributed by atoms with Crippen LogP contribution in [0.3, 0.4) is 0 Å². The highest BCUT2D eigenvalue weighted by atomic mass is 16.1. The molecule has 25 heavy (non-hydrogen) atoms. The third kappa shape index (κ3) is 3.84. The summed E-state index contributed by atoms with van der Waals surface area (Å²) >= 11 is 0. The minimum atomic E-state index is 0.303. The van der Waals surface area contributed by atoms with Gasteiger partial charge in [-0.25, -0.2) is 4.98 Å². The van der Waals surface area contributed by atoms with Crippen LogP contribution < -0.4 is 0 Å². The van der Waals surface area contributed by atoms with Gasteiger partial charge < -0.3 is 9.88 Å². The summed E-state index contributed by atoms with van der Waals surface area (Å²) in [7, 11) is 0. The smallest absolute Gasteiger partial charge is 0.163 e. The van der Waals surface area contributed by atoms with E-state index in [4.69, 9.17) is 0 Å². The van der Waals surface area contributed by atoms with Crippen molar-refractivity contribution in [2.45, 2.75) is 51.6 Å². The molecule has 2 heterocycles. The average molecular weight is 335 g/mol. The highest BCUT2D eigenvalue weighted by molar-refractivity contribution is 5.96. The standard InChI is InChI=1S/C21H25N3O/c25-21(12-16-4-2-1-3-5-16)18-8-6-17(7-9-18)13-24-11-10-19-20(14-24)23-15-22-19/h6-11,15-16H,1-5,12-14H2,(H,22,23). The second-order valence-electron chi connectivity index (χ2n) is 7.31. The van der Waals surface area contributed by atoms with E-state index in [2.05, 4.69) is 39.3 Å². The zero-order valence-electron chi connectivity index (χ0n) is 14.6. The van der Waals surface area contributed by atoms with Crippen LogP contribution in [0.15, 0.2) is 36.8 Å². The van der Waals surface area contributed by atoms with Gasteiger partial charge in [-0.15, -0.1) is 0 Å². The van der Waals surface area contributed by atoms with Crippen molar-refractivity contribution in [1.29, 1.82) is 0 Å². The first-order chi connectivity index (χ1) is 12.3. The molecule has 0 amide bonds. The fraction of sp³-hybridized carbons (Fsp3) is 0.429. The Labute approximate surface area is 149 Å². The minimum Gasteiger partial charge on any atom is -0.367 e. The highest BCUT2D eigenvalue weighted by Crippen LogP contribution is 2.27. The van der Waals surface area contributed by atoms with E-state index in [0.29, 0.717) is 11.7 Å². The quantitative estimate of drug-likeness (QED) is 0.816. The average Bonchev–Trinajstić information content (AvgIpc) is 3.11. The second-order valence-corrected chi connectivity index (χ2v) is 7.31. The fourth-order valence-corrected chi connectivity index (χ4v) is 3.94. The van der Waals surface area contributed by atoms with Crippen LogP contribution >= 0.6 is 0 Å². The number of carbonyl (C=O) groups is 1. The van der Waals surface area contributed by atoms with Crippen LogP contribution in [0.2, 0.25) is 0 Å². The number of benzene rings is 1. The molecule has 4 nitrogen and oxygen atoms in total. The third-order valence-electron chi connectivity index (χ3n) is 5.42. The van der Waals surface area contributed by atoms with Gasteiger partial charge in [0.25, 0.3) is 0 Å². The van der Waals surface area contributed by atoms with Crippen molar-refractivity contribution >= 4 is 11.9 Å². The number of rotatable bonds is 5. The molecule has 4 heteroatoms. The SMILES string of the molecule is O=C(CC1CCCCC1)c1ccc(CN2C=Cc3[nH]cnc3C2)cc1. The maximum absolute atomic E-state index is 12.5. The molecule has 0 saturated heterocycles. The maximum atomic E-state index is 12.5. The Hall–Kier alpha value is -2.36. The van der Waals surface area contributed by atoms with Gasteiger partial charge in [-0.2, -0.15) is 0 Å². The van der Waals surface area contributed by atoms with E-state index >= 15 is 0 Å². The van der Waals surface area contributed by atoms with Crippen LogP contribution in [0.1, 0.15) is 65.8 Å². The summed E-state index contributed by atoms with van der Waals surface area (Å²) in [4.78, 5) is 22.2. The van der Waals surface area contributed by atoms with Gasteiger partial charge in [0.2, 0.25) is 0 Å². The molecule has 130 valence electrons. The predicted octanol–water partition coefficient (Wildman–Crippen LogP) is 4.55. The number of imidazole rings is 1. The van der Waals surface area contributed by atoms with Crippen molar-refractivity contribution in [2.75, 3.05) is 0 Å². The molecule has 1 aromatic heterocycles. The zero-order valence-corrected chi connectivity index (χ0v) is 14.6. The molecule has 0 radical (unpaired) electrons. The molecule has 0 bridgehead atoms. The van der Waals surface area contributed by atoms with Crippen molar-refractivity contribution in [2.24, 2.45) is 5.92 Å². The molecule has 0 atom stereocenters. The van der Waals surface area contributed by atoms with E-state index < -0.39 is 0 Å². The highest BCUT2D eigenvalue weighted by Gasteiger charge is 2.18. The molecular weight excluding hydrogens is 310 g/mol. The topological polar surface area (TPSA) is 49.0 Å². The van der Waals surface area contributed by atoms with Crippen LogP contribution in [0.4, 0.5) is 0 Å². The van der Waals surface area contributed by atoms with Gasteiger partial charge in [0, 0.05) is 24.7 Å². The van der Waals surface area contributed by atoms with Crippen LogP contribution in [-0.4, -0.2) is 20.7 Å². The number of nitrogens with zero attached hydrogens (tertiary/aromatic N) is 2. The summed E-state index contributed by atoms with van der Waals surface area (Å²) in [5.74, 6) is 0.903. The molecule has 1 aliphatic heterocycles. The first-order valence-corrected chi connectivity index (χ1v) is 9.34. The number of hydrogen-bond donors (Lipinski definition) is 1. The summed E-state index contributed by atoms with van der Waals surface area (Å²) in [6.45, 7) is 1.65. The van der Waals surface area contributed by atoms with E-state index in [0.717, 1.165) is 36.5 Å². The van der Waals surface area contributed by atoms with Crippen molar-refractivity contribution < 1.29 is 4.79 Å². The third-order valence-corrected chi connectivity index (χ3v) is 5.42. The van der Waals surface area contributed by atoms with Gasteiger partial charge in [-0.1, -0.05) is 56.4 Å². The van der Waals surface area contributed by atoms with Crippen LogP contribution in [0, 0.1) is 5.92 Å². The Morgan fingerprint density at radius 3 is 2.76 bits per heavy atom. The lowest BCUT2D eigenvalue weighted by molar-refractivity contribution is 0.0950. The van der Waals surface area contributed by atoms with E-state index in [9.17, 15) is 4.79 Å². The number of carbonyl (C=O) groups excluding carboxylic acids is 1. The van der Waals surface area contributed by atoms with Gasteiger partial charge in [0.05, 0.1) is 24.3 Å². The molecule has 1 aliphatic carbocycles. The molecular formula is C21H25N3O. The van der Waals surface area contributed by atoms with Gasteiger partial charge in [0.1, 0.15) is 0 Å². The van der Waals surface area contributed by atoms with Crippen molar-refractivity contribution in [1.82, 2.24) is 14.9 Å². The fourth-order valence-electron chi connectivity index (χ4n) is 3.94. The van der Waals surface area contributed by atoms with Crippen molar-refractivity contribution in [3.63, 3.8) is 0 Å². The van der Waals surface area contributed by atoms with Crippen molar-refractivity contribution in [3.05, 3.63) is 59.3 Å². The first-order valence-electron chi connectivity index (χ1n) is 9.34. The molecule has 0 spiro atoms. The number of ketones is 1. The number of H-pyrrole nitrogens is 1. The minimum absolute atomic E-state index is 0.303. The number of aromatic amines is 1. The van der Waals surface area contributed by atoms with Gasteiger partial charge in [-0.3, -0.25) is 4.79 Å².